The Morgan fingerprint density at radius 3 is 2.15 bits per heavy atom. The molecule has 1 amide bonds. The van der Waals surface area contributed by atoms with Gasteiger partial charge in [-0.3, -0.25) is 4.79 Å². The van der Waals surface area contributed by atoms with Crippen LogP contribution in [0.4, 0.5) is 5.69 Å². The Morgan fingerprint density at radius 1 is 1.04 bits per heavy atom. The summed E-state index contributed by atoms with van der Waals surface area (Å²) in [6.45, 7) is 9.38. The Balaban J connectivity index is 2.15. The second-order valence-electron chi connectivity index (χ2n) is 7.48. The molecule has 0 unspecified atom stereocenters. The monoisotopic (exact) mass is 354 g/mol. The summed E-state index contributed by atoms with van der Waals surface area (Å²) in [7, 11) is 1.63. The number of carbonyl (C=O) groups excluding carboxylic acids is 1. The van der Waals surface area contributed by atoms with Crippen molar-refractivity contribution in [2.24, 2.45) is 0 Å². The summed E-state index contributed by atoms with van der Waals surface area (Å²) >= 11 is 0. The SMILES string of the molecule is CCCN[C@@H](C(=O)Nc1ccc(C(C)(C)C)cc1)c1ccc(OC)cc1. The Hall–Kier alpha value is -2.33. The molecule has 2 aromatic carbocycles. The van der Waals surface area contributed by atoms with Gasteiger partial charge in [-0.1, -0.05) is 52.0 Å². The molecule has 0 saturated carbocycles. The quantitative estimate of drug-likeness (QED) is 0.759. The van der Waals surface area contributed by atoms with E-state index >= 15 is 0 Å². The molecule has 1 atom stereocenters. The van der Waals surface area contributed by atoms with E-state index < -0.39 is 6.04 Å². The topological polar surface area (TPSA) is 50.4 Å². The molecule has 0 heterocycles. The third-order valence-electron chi connectivity index (χ3n) is 4.33. The van der Waals surface area contributed by atoms with Gasteiger partial charge in [-0.2, -0.15) is 0 Å². The van der Waals surface area contributed by atoms with Crippen molar-refractivity contribution in [1.82, 2.24) is 5.32 Å². The second-order valence-corrected chi connectivity index (χ2v) is 7.48. The Labute approximate surface area is 157 Å². The van der Waals surface area contributed by atoms with Crippen LogP contribution in [0.25, 0.3) is 0 Å². The zero-order chi connectivity index (χ0) is 19.2. The van der Waals surface area contributed by atoms with Gasteiger partial charge in [-0.25, -0.2) is 0 Å². The minimum atomic E-state index is -0.400. The number of amides is 1. The van der Waals surface area contributed by atoms with Crippen LogP contribution in [-0.4, -0.2) is 19.6 Å². The Bertz CT molecular complexity index is 700. The normalized spacial score (nSPS) is 12.5. The number of carbonyl (C=O) groups is 1. The fourth-order valence-electron chi connectivity index (χ4n) is 2.71. The predicted molar refractivity (Wildman–Crippen MR) is 108 cm³/mol. The molecule has 0 bridgehead atoms. The molecule has 26 heavy (non-hydrogen) atoms. The number of benzene rings is 2. The molecule has 0 aliphatic rings. The van der Waals surface area contributed by atoms with Gasteiger partial charge in [0.1, 0.15) is 11.8 Å². The van der Waals surface area contributed by atoms with Crippen LogP contribution in [0.1, 0.15) is 51.3 Å². The van der Waals surface area contributed by atoms with Gasteiger partial charge in [0, 0.05) is 5.69 Å². The number of hydrogen-bond donors (Lipinski definition) is 2. The number of methoxy groups -OCH3 is 1. The molecular weight excluding hydrogens is 324 g/mol. The van der Waals surface area contributed by atoms with E-state index in [-0.39, 0.29) is 11.3 Å². The highest BCUT2D eigenvalue weighted by Crippen LogP contribution is 2.24. The highest BCUT2D eigenvalue weighted by Gasteiger charge is 2.20. The molecule has 0 aromatic heterocycles. The van der Waals surface area contributed by atoms with Crippen LogP contribution < -0.4 is 15.4 Å². The van der Waals surface area contributed by atoms with Crippen LogP contribution in [-0.2, 0) is 10.2 Å². The van der Waals surface area contributed by atoms with E-state index in [4.69, 9.17) is 4.74 Å². The van der Waals surface area contributed by atoms with Crippen LogP contribution in [0.15, 0.2) is 48.5 Å². The van der Waals surface area contributed by atoms with Gasteiger partial charge in [0.05, 0.1) is 7.11 Å². The van der Waals surface area contributed by atoms with Crippen LogP contribution in [0.5, 0.6) is 5.75 Å². The zero-order valence-electron chi connectivity index (χ0n) is 16.4. The maximum absolute atomic E-state index is 12.9. The molecule has 0 fully saturated rings. The molecule has 0 radical (unpaired) electrons. The van der Waals surface area contributed by atoms with E-state index in [1.54, 1.807) is 7.11 Å². The number of ether oxygens (including phenoxy) is 1. The highest BCUT2D eigenvalue weighted by molar-refractivity contribution is 5.95. The van der Waals surface area contributed by atoms with Gasteiger partial charge >= 0.3 is 0 Å². The molecule has 2 rings (SSSR count). The third-order valence-corrected chi connectivity index (χ3v) is 4.33. The maximum Gasteiger partial charge on any atom is 0.246 e. The van der Waals surface area contributed by atoms with Gasteiger partial charge in [-0.05, 0) is 53.8 Å². The first kappa shape index (κ1) is 20.0. The van der Waals surface area contributed by atoms with Gasteiger partial charge in [-0.15, -0.1) is 0 Å². The number of hydrogen-bond acceptors (Lipinski definition) is 3. The van der Waals surface area contributed by atoms with E-state index in [0.717, 1.165) is 30.0 Å². The fraction of sp³-hybridized carbons (Fsp3) is 0.409. The molecule has 140 valence electrons. The highest BCUT2D eigenvalue weighted by atomic mass is 16.5. The van der Waals surface area contributed by atoms with Crippen molar-refractivity contribution >= 4 is 11.6 Å². The first-order valence-corrected chi connectivity index (χ1v) is 9.14. The molecule has 4 nitrogen and oxygen atoms in total. The van der Waals surface area contributed by atoms with Gasteiger partial charge in [0.15, 0.2) is 0 Å². The lowest BCUT2D eigenvalue weighted by molar-refractivity contribution is -0.118. The van der Waals surface area contributed by atoms with Crippen molar-refractivity contribution in [2.75, 3.05) is 19.0 Å². The Morgan fingerprint density at radius 2 is 1.65 bits per heavy atom. The molecule has 0 aliphatic heterocycles. The second kappa shape index (κ2) is 8.86. The standard InChI is InChI=1S/C22H30N2O2/c1-6-15-23-20(16-7-13-19(26-5)14-8-16)21(25)24-18-11-9-17(10-12-18)22(2,3)4/h7-14,20,23H,6,15H2,1-5H3,(H,24,25)/t20-/m1/s1. The third kappa shape index (κ3) is 5.33. The zero-order valence-corrected chi connectivity index (χ0v) is 16.4. The molecule has 2 N–H and O–H groups in total. The van der Waals surface area contributed by atoms with Crippen LogP contribution in [0, 0.1) is 0 Å². The van der Waals surface area contributed by atoms with Crippen LogP contribution in [0.3, 0.4) is 0 Å². The first-order valence-electron chi connectivity index (χ1n) is 9.14. The molecule has 4 heteroatoms. The van der Waals surface area contributed by atoms with Crippen LogP contribution in [0.2, 0.25) is 0 Å². The number of anilines is 1. The summed E-state index contributed by atoms with van der Waals surface area (Å²) in [5.41, 5.74) is 3.06. The lowest BCUT2D eigenvalue weighted by Gasteiger charge is -2.21. The van der Waals surface area contributed by atoms with Crippen molar-refractivity contribution in [3.8, 4) is 5.75 Å². The molecular formula is C22H30N2O2. The lowest BCUT2D eigenvalue weighted by Crippen LogP contribution is -2.33. The van der Waals surface area contributed by atoms with E-state index in [9.17, 15) is 4.79 Å². The molecule has 0 spiro atoms. The fourth-order valence-corrected chi connectivity index (χ4v) is 2.71. The van der Waals surface area contributed by atoms with Crippen molar-refractivity contribution in [3.63, 3.8) is 0 Å². The van der Waals surface area contributed by atoms with Gasteiger partial charge in [0.25, 0.3) is 0 Å². The molecule has 0 aliphatic carbocycles. The minimum absolute atomic E-state index is 0.0628. The van der Waals surface area contributed by atoms with Crippen molar-refractivity contribution in [1.29, 1.82) is 0 Å². The predicted octanol–water partition coefficient (Wildman–Crippen LogP) is 4.67. The largest absolute Gasteiger partial charge is 0.497 e. The van der Waals surface area contributed by atoms with E-state index in [0.29, 0.717) is 0 Å². The minimum Gasteiger partial charge on any atom is -0.497 e. The molecule has 0 saturated heterocycles. The van der Waals surface area contributed by atoms with Crippen molar-refractivity contribution in [3.05, 3.63) is 59.7 Å². The van der Waals surface area contributed by atoms with Crippen molar-refractivity contribution < 1.29 is 9.53 Å². The summed E-state index contributed by atoms with van der Waals surface area (Å²) in [5, 5.41) is 6.35. The average Bonchev–Trinajstić information content (AvgIpc) is 2.62. The van der Waals surface area contributed by atoms with Crippen molar-refractivity contribution in [2.45, 2.75) is 45.6 Å². The van der Waals surface area contributed by atoms with Crippen LogP contribution >= 0.6 is 0 Å². The molecule has 2 aromatic rings. The average molecular weight is 354 g/mol. The number of rotatable bonds is 7. The summed E-state index contributed by atoms with van der Waals surface area (Å²) < 4.78 is 5.20. The van der Waals surface area contributed by atoms with E-state index in [1.807, 2.05) is 36.4 Å². The summed E-state index contributed by atoms with van der Waals surface area (Å²) in [4.78, 5) is 12.9. The summed E-state index contributed by atoms with van der Waals surface area (Å²) in [5.74, 6) is 0.716. The van der Waals surface area contributed by atoms with E-state index in [2.05, 4.69) is 50.5 Å². The summed E-state index contributed by atoms with van der Waals surface area (Å²) in [6, 6.07) is 15.3. The lowest BCUT2D eigenvalue weighted by atomic mass is 9.87. The van der Waals surface area contributed by atoms with Gasteiger partial charge < -0.3 is 15.4 Å². The first-order chi connectivity index (χ1) is 12.3. The maximum atomic E-state index is 12.9. The Kier molecular flexibility index (Phi) is 6.81. The van der Waals surface area contributed by atoms with E-state index in [1.165, 1.54) is 5.56 Å². The number of nitrogens with one attached hydrogen (secondary N) is 2. The summed E-state index contributed by atoms with van der Waals surface area (Å²) in [6.07, 6.45) is 0.959. The van der Waals surface area contributed by atoms with Gasteiger partial charge in [0.2, 0.25) is 5.91 Å². The smallest absolute Gasteiger partial charge is 0.246 e.